The highest BCUT2D eigenvalue weighted by atomic mass is 32.2. The van der Waals surface area contributed by atoms with Gasteiger partial charge in [-0.15, -0.1) is 0 Å². The maximum atomic E-state index is 12.3. The molecule has 0 rings (SSSR count). The van der Waals surface area contributed by atoms with Crippen LogP contribution in [0.2, 0.25) is 0 Å². The monoisotopic (exact) mass is 351 g/mol. The zero-order chi connectivity index (χ0) is 18.3. The van der Waals surface area contributed by atoms with Gasteiger partial charge in [0, 0.05) is 25.2 Å². The molecule has 0 radical (unpaired) electrons. The predicted octanol–water partition coefficient (Wildman–Crippen LogP) is 1.55. The molecule has 0 saturated heterocycles. The Morgan fingerprint density at radius 3 is 2.04 bits per heavy atom. The molecule has 0 bridgehead atoms. The number of ether oxygens (including phenoxy) is 1. The van der Waals surface area contributed by atoms with E-state index in [1.54, 1.807) is 4.90 Å². The van der Waals surface area contributed by atoms with Crippen LogP contribution in [0.1, 0.15) is 48.0 Å². The number of carbonyl (C=O) groups is 1. The standard InChI is InChI=1S/C15H33N3O4S/c1-14(2,3)18(13(19)22-15(4,5)6)12-11-16-9-8-10-17-23(7,20)21/h16-17H,8-12H2,1-7H3. The van der Waals surface area contributed by atoms with Crippen LogP contribution in [0.4, 0.5) is 4.79 Å². The Bertz CT molecular complexity index is 464. The number of carbonyl (C=O) groups excluding carboxylic acids is 1. The first-order chi connectivity index (χ1) is 10.2. The zero-order valence-electron chi connectivity index (χ0n) is 15.5. The van der Waals surface area contributed by atoms with Crippen molar-refractivity contribution in [1.82, 2.24) is 14.9 Å². The van der Waals surface area contributed by atoms with Gasteiger partial charge >= 0.3 is 6.09 Å². The van der Waals surface area contributed by atoms with Crippen molar-refractivity contribution in [3.63, 3.8) is 0 Å². The molecule has 8 heteroatoms. The van der Waals surface area contributed by atoms with E-state index in [2.05, 4.69) is 10.0 Å². The molecule has 0 saturated carbocycles. The number of amides is 1. The fourth-order valence-corrected chi connectivity index (χ4v) is 2.32. The molecule has 0 aromatic carbocycles. The number of nitrogens with zero attached hydrogens (tertiary/aromatic N) is 1. The molecule has 0 unspecified atom stereocenters. The molecule has 0 aromatic heterocycles. The van der Waals surface area contributed by atoms with Crippen molar-refractivity contribution in [2.75, 3.05) is 32.4 Å². The van der Waals surface area contributed by atoms with Crippen LogP contribution in [-0.4, -0.2) is 63.0 Å². The molecule has 7 nitrogen and oxygen atoms in total. The highest BCUT2D eigenvalue weighted by molar-refractivity contribution is 7.88. The molecule has 2 N–H and O–H groups in total. The van der Waals surface area contributed by atoms with Gasteiger partial charge in [0.1, 0.15) is 5.60 Å². The molecule has 138 valence electrons. The second kappa shape index (κ2) is 8.84. The lowest BCUT2D eigenvalue weighted by molar-refractivity contribution is 0.00665. The van der Waals surface area contributed by atoms with Crippen LogP contribution in [0.15, 0.2) is 0 Å². The van der Waals surface area contributed by atoms with Crippen LogP contribution in [0.5, 0.6) is 0 Å². The summed E-state index contributed by atoms with van der Waals surface area (Å²) < 4.78 is 29.7. The molecule has 0 aliphatic heterocycles. The highest BCUT2D eigenvalue weighted by Crippen LogP contribution is 2.17. The van der Waals surface area contributed by atoms with Gasteiger partial charge in [0.2, 0.25) is 10.0 Å². The van der Waals surface area contributed by atoms with Crippen LogP contribution in [0.25, 0.3) is 0 Å². The SMILES string of the molecule is CC(C)(C)OC(=O)N(CCNCCCNS(C)(=O)=O)C(C)(C)C. The molecule has 0 fully saturated rings. The molecular weight excluding hydrogens is 318 g/mol. The number of sulfonamides is 1. The summed E-state index contributed by atoms with van der Waals surface area (Å²) in [6, 6.07) is 0. The summed E-state index contributed by atoms with van der Waals surface area (Å²) in [5.41, 5.74) is -0.854. The lowest BCUT2D eigenvalue weighted by Gasteiger charge is -2.36. The van der Waals surface area contributed by atoms with Crippen molar-refractivity contribution in [3.05, 3.63) is 0 Å². The van der Waals surface area contributed by atoms with E-state index in [-0.39, 0.29) is 11.6 Å². The van der Waals surface area contributed by atoms with Gasteiger partial charge in [-0.05, 0) is 54.5 Å². The van der Waals surface area contributed by atoms with Crippen LogP contribution in [0, 0.1) is 0 Å². The van der Waals surface area contributed by atoms with E-state index in [4.69, 9.17) is 4.74 Å². The first-order valence-electron chi connectivity index (χ1n) is 7.88. The summed E-state index contributed by atoms with van der Waals surface area (Å²) in [5, 5.41) is 3.21. The minimum absolute atomic E-state index is 0.328. The van der Waals surface area contributed by atoms with Crippen molar-refractivity contribution in [2.24, 2.45) is 0 Å². The summed E-state index contributed by atoms with van der Waals surface area (Å²) in [6.45, 7) is 13.7. The summed E-state index contributed by atoms with van der Waals surface area (Å²) in [4.78, 5) is 14.0. The van der Waals surface area contributed by atoms with E-state index in [1.165, 1.54) is 0 Å². The van der Waals surface area contributed by atoms with E-state index in [0.717, 1.165) is 6.26 Å². The average Bonchev–Trinajstić information content (AvgIpc) is 2.26. The quantitative estimate of drug-likeness (QED) is 0.648. The van der Waals surface area contributed by atoms with Crippen molar-refractivity contribution >= 4 is 16.1 Å². The minimum Gasteiger partial charge on any atom is -0.444 e. The third-order valence-corrected chi connectivity index (χ3v) is 3.56. The Labute approximate surface area is 141 Å². The number of hydrogen-bond acceptors (Lipinski definition) is 5. The van der Waals surface area contributed by atoms with Gasteiger partial charge in [-0.2, -0.15) is 0 Å². The Balaban J connectivity index is 4.21. The predicted molar refractivity (Wildman–Crippen MR) is 93.0 cm³/mol. The van der Waals surface area contributed by atoms with Gasteiger partial charge in [-0.1, -0.05) is 0 Å². The maximum Gasteiger partial charge on any atom is 0.410 e. The number of nitrogens with one attached hydrogen (secondary N) is 2. The van der Waals surface area contributed by atoms with Crippen LogP contribution in [0.3, 0.4) is 0 Å². The molecule has 0 aliphatic carbocycles. The highest BCUT2D eigenvalue weighted by Gasteiger charge is 2.30. The number of rotatable bonds is 8. The Kier molecular flexibility index (Phi) is 8.51. The summed E-state index contributed by atoms with van der Waals surface area (Å²) >= 11 is 0. The van der Waals surface area contributed by atoms with E-state index in [9.17, 15) is 13.2 Å². The average molecular weight is 352 g/mol. The topological polar surface area (TPSA) is 87.7 Å². The van der Waals surface area contributed by atoms with Gasteiger partial charge in [0.05, 0.1) is 6.26 Å². The van der Waals surface area contributed by atoms with Crippen LogP contribution < -0.4 is 10.0 Å². The van der Waals surface area contributed by atoms with Crippen molar-refractivity contribution < 1.29 is 17.9 Å². The lowest BCUT2D eigenvalue weighted by atomic mass is 10.1. The second-order valence-electron chi connectivity index (χ2n) is 7.57. The molecule has 0 aliphatic rings. The van der Waals surface area contributed by atoms with Crippen molar-refractivity contribution in [2.45, 2.75) is 59.1 Å². The maximum absolute atomic E-state index is 12.3. The van der Waals surface area contributed by atoms with Crippen molar-refractivity contribution in [1.29, 1.82) is 0 Å². The largest absolute Gasteiger partial charge is 0.444 e. The number of hydrogen-bond donors (Lipinski definition) is 2. The van der Waals surface area contributed by atoms with Gasteiger partial charge in [-0.25, -0.2) is 17.9 Å². The van der Waals surface area contributed by atoms with Crippen molar-refractivity contribution in [3.8, 4) is 0 Å². The van der Waals surface area contributed by atoms with Gasteiger partial charge in [0.15, 0.2) is 0 Å². The van der Waals surface area contributed by atoms with Gasteiger partial charge in [0.25, 0.3) is 0 Å². The lowest BCUT2D eigenvalue weighted by Crippen LogP contribution is -2.50. The fourth-order valence-electron chi connectivity index (χ4n) is 1.80. The van der Waals surface area contributed by atoms with E-state index in [1.807, 2.05) is 41.5 Å². The van der Waals surface area contributed by atoms with Crippen LogP contribution >= 0.6 is 0 Å². The third-order valence-electron chi connectivity index (χ3n) is 2.83. The Morgan fingerprint density at radius 1 is 1.04 bits per heavy atom. The zero-order valence-corrected chi connectivity index (χ0v) is 16.3. The molecular formula is C15H33N3O4S. The second-order valence-corrected chi connectivity index (χ2v) is 9.41. The first-order valence-corrected chi connectivity index (χ1v) is 9.77. The molecule has 23 heavy (non-hydrogen) atoms. The van der Waals surface area contributed by atoms with E-state index < -0.39 is 15.6 Å². The molecule has 0 atom stereocenters. The van der Waals surface area contributed by atoms with E-state index >= 15 is 0 Å². The smallest absolute Gasteiger partial charge is 0.410 e. The molecule has 1 amide bonds. The Hall–Kier alpha value is -0.860. The molecule has 0 aromatic rings. The third kappa shape index (κ3) is 12.3. The normalized spacial score (nSPS) is 13.0. The Morgan fingerprint density at radius 2 is 1.61 bits per heavy atom. The van der Waals surface area contributed by atoms with E-state index in [0.29, 0.717) is 32.6 Å². The summed E-state index contributed by atoms with van der Waals surface area (Å²) in [7, 11) is -3.13. The first kappa shape index (κ1) is 22.1. The minimum atomic E-state index is -3.13. The summed E-state index contributed by atoms with van der Waals surface area (Å²) in [6.07, 6.45) is 1.50. The van der Waals surface area contributed by atoms with Crippen LogP contribution in [-0.2, 0) is 14.8 Å². The van der Waals surface area contributed by atoms with Gasteiger partial charge < -0.3 is 15.0 Å². The molecule has 0 spiro atoms. The van der Waals surface area contributed by atoms with Gasteiger partial charge in [-0.3, -0.25) is 0 Å². The summed E-state index contributed by atoms with van der Waals surface area (Å²) in [5.74, 6) is 0. The fraction of sp³-hybridized carbons (Fsp3) is 0.933. The molecule has 0 heterocycles.